The molecule has 1 N–H and O–H groups in total. The Bertz CT molecular complexity index is 1260. The molecule has 1 heterocycles. The third kappa shape index (κ3) is 4.72. The molecule has 2 amide bonds. The summed E-state index contributed by atoms with van der Waals surface area (Å²) in [6, 6.07) is 13.6. The van der Waals surface area contributed by atoms with Gasteiger partial charge in [0.05, 0.1) is 24.6 Å². The number of nitrogens with zero attached hydrogens (tertiary/aromatic N) is 3. The summed E-state index contributed by atoms with van der Waals surface area (Å²) in [6.45, 7) is 3.48. The fourth-order valence-electron chi connectivity index (χ4n) is 3.49. The molecule has 0 bridgehead atoms. The highest BCUT2D eigenvalue weighted by Crippen LogP contribution is 2.16. The maximum absolute atomic E-state index is 13.0. The maximum atomic E-state index is 13.0. The van der Waals surface area contributed by atoms with Crippen LogP contribution in [0.4, 0.5) is 5.69 Å². The minimum atomic E-state index is -0.554. The second-order valence-corrected chi connectivity index (χ2v) is 7.12. The van der Waals surface area contributed by atoms with Gasteiger partial charge in [0.1, 0.15) is 12.3 Å². The number of carbonyl (C=O) groups is 2. The fraction of sp³-hybridized carbons (Fsp3) is 0.304. The lowest BCUT2D eigenvalue weighted by Crippen LogP contribution is -2.44. The van der Waals surface area contributed by atoms with Crippen LogP contribution in [0.1, 0.15) is 13.8 Å². The molecule has 32 heavy (non-hydrogen) atoms. The van der Waals surface area contributed by atoms with E-state index < -0.39 is 11.6 Å². The van der Waals surface area contributed by atoms with Crippen LogP contribution in [0.3, 0.4) is 0 Å². The van der Waals surface area contributed by atoms with Crippen molar-refractivity contribution in [2.45, 2.75) is 26.9 Å². The molecule has 0 spiro atoms. The van der Waals surface area contributed by atoms with Gasteiger partial charge in [-0.25, -0.2) is 4.79 Å². The zero-order chi connectivity index (χ0) is 23.3. The van der Waals surface area contributed by atoms with E-state index in [0.29, 0.717) is 22.3 Å². The van der Waals surface area contributed by atoms with Crippen molar-refractivity contribution >= 4 is 28.4 Å². The first-order valence-corrected chi connectivity index (χ1v) is 10.3. The number of benzene rings is 2. The van der Waals surface area contributed by atoms with Crippen LogP contribution in [0, 0.1) is 0 Å². The van der Waals surface area contributed by atoms with E-state index >= 15 is 0 Å². The topological polar surface area (TPSA) is 103 Å². The number of amides is 2. The van der Waals surface area contributed by atoms with Crippen molar-refractivity contribution in [2.75, 3.05) is 25.5 Å². The van der Waals surface area contributed by atoms with Crippen molar-refractivity contribution in [3.05, 3.63) is 69.4 Å². The van der Waals surface area contributed by atoms with Crippen LogP contribution in [0.2, 0.25) is 0 Å². The number of fused-ring (bicyclic) bond motifs is 1. The Kier molecular flexibility index (Phi) is 7.09. The number of anilines is 1. The third-order valence-electron chi connectivity index (χ3n) is 5.16. The number of hydrogen-bond donors (Lipinski definition) is 1. The summed E-state index contributed by atoms with van der Waals surface area (Å²) in [5.41, 5.74) is -0.00392. The summed E-state index contributed by atoms with van der Waals surface area (Å²) in [7, 11) is 1.53. The number of methoxy groups -OCH3 is 1. The molecule has 0 saturated carbocycles. The molecule has 9 nitrogen and oxygen atoms in total. The standard InChI is InChI=1S/C23H26N4O5/c1-4-25(14-20(28)24-16-9-8-10-17(13-16)32-3)21(29)15-27-19-12-7-6-11-18(19)22(30)26(5-2)23(27)31/h6-13H,4-5,14-15H2,1-3H3,(H,24,28). The highest BCUT2D eigenvalue weighted by molar-refractivity contribution is 5.94. The van der Waals surface area contributed by atoms with Gasteiger partial charge in [0, 0.05) is 24.8 Å². The lowest BCUT2D eigenvalue weighted by molar-refractivity contribution is -0.135. The Labute approximate surface area is 184 Å². The fourth-order valence-corrected chi connectivity index (χ4v) is 3.49. The van der Waals surface area contributed by atoms with Crippen molar-refractivity contribution in [3.8, 4) is 5.75 Å². The Morgan fingerprint density at radius 2 is 1.78 bits per heavy atom. The average molecular weight is 438 g/mol. The van der Waals surface area contributed by atoms with E-state index in [1.165, 1.54) is 16.6 Å². The predicted molar refractivity (Wildman–Crippen MR) is 122 cm³/mol. The molecule has 0 atom stereocenters. The minimum Gasteiger partial charge on any atom is -0.497 e. The molecule has 1 aromatic heterocycles. The molecule has 0 aliphatic heterocycles. The number of nitrogens with one attached hydrogen (secondary N) is 1. The molecule has 9 heteroatoms. The van der Waals surface area contributed by atoms with Crippen molar-refractivity contribution in [1.29, 1.82) is 0 Å². The molecule has 0 saturated heterocycles. The predicted octanol–water partition coefficient (Wildman–Crippen LogP) is 1.68. The molecule has 3 rings (SSSR count). The minimum absolute atomic E-state index is 0.174. The molecule has 0 radical (unpaired) electrons. The number of aromatic nitrogens is 2. The summed E-state index contributed by atoms with van der Waals surface area (Å²) >= 11 is 0. The normalized spacial score (nSPS) is 10.7. The molecule has 0 fully saturated rings. The van der Waals surface area contributed by atoms with E-state index in [1.807, 2.05) is 0 Å². The monoisotopic (exact) mass is 438 g/mol. The zero-order valence-electron chi connectivity index (χ0n) is 18.3. The van der Waals surface area contributed by atoms with Crippen LogP contribution in [-0.4, -0.2) is 46.0 Å². The van der Waals surface area contributed by atoms with Crippen LogP contribution in [-0.2, 0) is 22.7 Å². The number of carbonyl (C=O) groups excluding carboxylic acids is 2. The number of likely N-dealkylation sites (N-methyl/N-ethyl adjacent to an activating group) is 1. The Morgan fingerprint density at radius 3 is 2.47 bits per heavy atom. The zero-order valence-corrected chi connectivity index (χ0v) is 18.3. The second kappa shape index (κ2) is 9.95. The first kappa shape index (κ1) is 22.8. The molecule has 2 aromatic carbocycles. The van der Waals surface area contributed by atoms with Crippen molar-refractivity contribution < 1.29 is 14.3 Å². The van der Waals surface area contributed by atoms with Gasteiger partial charge in [-0.1, -0.05) is 18.2 Å². The Morgan fingerprint density at radius 1 is 1.03 bits per heavy atom. The third-order valence-corrected chi connectivity index (χ3v) is 5.16. The van der Waals surface area contributed by atoms with Crippen molar-refractivity contribution in [2.24, 2.45) is 0 Å². The Hall–Kier alpha value is -3.88. The molecule has 0 unspecified atom stereocenters. The van der Waals surface area contributed by atoms with Gasteiger partial charge in [-0.2, -0.15) is 0 Å². The van der Waals surface area contributed by atoms with Gasteiger partial charge >= 0.3 is 5.69 Å². The number of para-hydroxylation sites is 1. The summed E-state index contributed by atoms with van der Waals surface area (Å²) in [5, 5.41) is 3.10. The van der Waals surface area contributed by atoms with Gasteiger partial charge in [0.15, 0.2) is 0 Å². The molecule has 168 valence electrons. The quantitative estimate of drug-likeness (QED) is 0.577. The Balaban J connectivity index is 1.82. The largest absolute Gasteiger partial charge is 0.497 e. The van der Waals surface area contributed by atoms with E-state index in [9.17, 15) is 19.2 Å². The van der Waals surface area contributed by atoms with Crippen LogP contribution >= 0.6 is 0 Å². The molecular weight excluding hydrogens is 412 g/mol. The van der Waals surface area contributed by atoms with Gasteiger partial charge in [0.2, 0.25) is 11.8 Å². The number of rotatable bonds is 8. The van der Waals surface area contributed by atoms with Gasteiger partial charge in [0.25, 0.3) is 5.56 Å². The van der Waals surface area contributed by atoms with Crippen LogP contribution in [0.15, 0.2) is 58.1 Å². The molecule has 0 aliphatic carbocycles. The van der Waals surface area contributed by atoms with Crippen molar-refractivity contribution in [3.63, 3.8) is 0 Å². The molecular formula is C23H26N4O5. The van der Waals surface area contributed by atoms with Crippen LogP contribution in [0.25, 0.3) is 10.9 Å². The van der Waals surface area contributed by atoms with E-state index in [-0.39, 0.29) is 37.6 Å². The lowest BCUT2D eigenvalue weighted by atomic mass is 10.2. The van der Waals surface area contributed by atoms with Crippen LogP contribution in [0.5, 0.6) is 5.75 Å². The van der Waals surface area contributed by atoms with E-state index in [1.54, 1.807) is 62.4 Å². The summed E-state index contributed by atoms with van der Waals surface area (Å²) in [5.74, 6) is -0.172. The van der Waals surface area contributed by atoms with Crippen molar-refractivity contribution in [1.82, 2.24) is 14.0 Å². The summed E-state index contributed by atoms with van der Waals surface area (Å²) in [4.78, 5) is 52.3. The highest BCUT2D eigenvalue weighted by Gasteiger charge is 2.20. The number of ether oxygens (including phenoxy) is 1. The lowest BCUT2D eigenvalue weighted by Gasteiger charge is -2.22. The first-order chi connectivity index (χ1) is 15.4. The first-order valence-electron chi connectivity index (χ1n) is 10.3. The van der Waals surface area contributed by atoms with Crippen LogP contribution < -0.4 is 21.3 Å². The van der Waals surface area contributed by atoms with E-state index in [0.717, 1.165) is 4.57 Å². The van der Waals surface area contributed by atoms with E-state index in [2.05, 4.69) is 5.32 Å². The highest BCUT2D eigenvalue weighted by atomic mass is 16.5. The second-order valence-electron chi connectivity index (χ2n) is 7.12. The summed E-state index contributed by atoms with van der Waals surface area (Å²) < 4.78 is 7.53. The SMILES string of the molecule is CCN(CC(=O)Nc1cccc(OC)c1)C(=O)Cn1c(=O)n(CC)c(=O)c2ccccc21. The molecule has 3 aromatic rings. The van der Waals surface area contributed by atoms with Gasteiger partial charge in [-0.3, -0.25) is 23.5 Å². The van der Waals surface area contributed by atoms with Gasteiger partial charge in [-0.05, 0) is 38.1 Å². The van der Waals surface area contributed by atoms with E-state index in [4.69, 9.17) is 4.74 Å². The number of hydrogen-bond acceptors (Lipinski definition) is 5. The summed E-state index contributed by atoms with van der Waals surface area (Å²) in [6.07, 6.45) is 0. The van der Waals surface area contributed by atoms with Gasteiger partial charge in [-0.15, -0.1) is 0 Å². The average Bonchev–Trinajstić information content (AvgIpc) is 2.80. The smallest absolute Gasteiger partial charge is 0.331 e. The maximum Gasteiger partial charge on any atom is 0.331 e. The van der Waals surface area contributed by atoms with Gasteiger partial charge < -0.3 is 15.0 Å². The molecule has 0 aliphatic rings.